The Kier molecular flexibility index (Phi) is 7.14. The van der Waals surface area contributed by atoms with Crippen LogP contribution in [-0.4, -0.2) is 51.2 Å². The standard InChI is InChI=1S/C18H24N4O4S/c1-5-22(6-2)27(23,24)15-10-11-17(19-13-15)21-20-12-14-8-7-9-16(25-3)18(14)26-4/h7-13H,5-6H2,1-4H3,(H,19,21)/b20-12-. The van der Waals surface area contributed by atoms with Gasteiger partial charge >= 0.3 is 0 Å². The minimum atomic E-state index is -3.52. The molecule has 2 aromatic rings. The summed E-state index contributed by atoms with van der Waals surface area (Å²) in [6.07, 6.45) is 2.89. The van der Waals surface area contributed by atoms with Crippen LogP contribution >= 0.6 is 0 Å². The lowest BCUT2D eigenvalue weighted by Gasteiger charge is -2.18. The number of nitrogens with zero attached hydrogens (tertiary/aromatic N) is 3. The molecule has 0 atom stereocenters. The monoisotopic (exact) mass is 392 g/mol. The lowest BCUT2D eigenvalue weighted by Crippen LogP contribution is -2.30. The van der Waals surface area contributed by atoms with E-state index in [1.165, 1.54) is 16.6 Å². The van der Waals surface area contributed by atoms with Crippen LogP contribution in [0.2, 0.25) is 0 Å². The number of hydrogen-bond donors (Lipinski definition) is 1. The van der Waals surface area contributed by atoms with Crippen molar-refractivity contribution in [3.63, 3.8) is 0 Å². The van der Waals surface area contributed by atoms with Crippen LogP contribution in [-0.2, 0) is 10.0 Å². The molecular weight excluding hydrogens is 368 g/mol. The zero-order valence-corrected chi connectivity index (χ0v) is 16.7. The van der Waals surface area contributed by atoms with Gasteiger partial charge in [-0.25, -0.2) is 13.4 Å². The summed E-state index contributed by atoms with van der Waals surface area (Å²) in [7, 11) is -0.405. The average Bonchev–Trinajstić information content (AvgIpc) is 2.68. The molecule has 0 aliphatic heterocycles. The first-order chi connectivity index (χ1) is 13.0. The molecule has 2 rings (SSSR count). The second-order valence-corrected chi connectivity index (χ2v) is 7.36. The molecule has 1 heterocycles. The van der Waals surface area contributed by atoms with Crippen molar-refractivity contribution in [1.29, 1.82) is 0 Å². The lowest BCUT2D eigenvalue weighted by molar-refractivity contribution is 0.354. The van der Waals surface area contributed by atoms with Gasteiger partial charge in [-0.3, -0.25) is 5.43 Å². The van der Waals surface area contributed by atoms with Crippen molar-refractivity contribution < 1.29 is 17.9 Å². The fraction of sp³-hybridized carbons (Fsp3) is 0.333. The average molecular weight is 392 g/mol. The fourth-order valence-corrected chi connectivity index (χ4v) is 3.90. The highest BCUT2D eigenvalue weighted by atomic mass is 32.2. The van der Waals surface area contributed by atoms with Gasteiger partial charge in [0.25, 0.3) is 0 Å². The van der Waals surface area contributed by atoms with E-state index in [0.29, 0.717) is 30.4 Å². The molecule has 0 saturated carbocycles. The molecule has 0 saturated heterocycles. The highest BCUT2D eigenvalue weighted by Crippen LogP contribution is 2.29. The SMILES string of the molecule is CCN(CC)S(=O)(=O)c1ccc(N/N=C\c2cccc(OC)c2OC)nc1. The number of benzene rings is 1. The molecule has 0 radical (unpaired) electrons. The third-order valence-corrected chi connectivity index (χ3v) is 5.93. The van der Waals surface area contributed by atoms with Crippen molar-refractivity contribution >= 4 is 22.1 Å². The number of anilines is 1. The van der Waals surface area contributed by atoms with Crippen LogP contribution in [0.4, 0.5) is 5.82 Å². The number of aromatic nitrogens is 1. The molecule has 0 fully saturated rings. The van der Waals surface area contributed by atoms with Crippen LogP contribution in [0.15, 0.2) is 46.5 Å². The van der Waals surface area contributed by atoms with Crippen molar-refractivity contribution in [3.05, 3.63) is 42.1 Å². The molecule has 0 aliphatic rings. The van der Waals surface area contributed by atoms with E-state index in [1.807, 2.05) is 12.1 Å². The van der Waals surface area contributed by atoms with Gasteiger partial charge in [0.15, 0.2) is 11.5 Å². The molecule has 0 amide bonds. The molecule has 8 nitrogen and oxygen atoms in total. The quantitative estimate of drug-likeness (QED) is 0.521. The van der Waals surface area contributed by atoms with E-state index in [2.05, 4.69) is 15.5 Å². The molecule has 1 aromatic heterocycles. The smallest absolute Gasteiger partial charge is 0.244 e. The van der Waals surface area contributed by atoms with Gasteiger partial charge < -0.3 is 9.47 Å². The number of hydrazone groups is 1. The zero-order valence-electron chi connectivity index (χ0n) is 15.8. The van der Waals surface area contributed by atoms with Gasteiger partial charge in [0.2, 0.25) is 10.0 Å². The number of pyridine rings is 1. The normalized spacial score (nSPS) is 11.7. The molecule has 1 aromatic carbocycles. The number of ether oxygens (including phenoxy) is 2. The van der Waals surface area contributed by atoms with Crippen LogP contribution in [0.25, 0.3) is 0 Å². The predicted octanol–water partition coefficient (Wildman–Crippen LogP) is 2.58. The molecule has 0 spiro atoms. The minimum Gasteiger partial charge on any atom is -0.493 e. The number of para-hydroxylation sites is 1. The van der Waals surface area contributed by atoms with E-state index in [9.17, 15) is 8.42 Å². The summed E-state index contributed by atoms with van der Waals surface area (Å²) in [4.78, 5) is 4.27. The van der Waals surface area contributed by atoms with Crippen molar-refractivity contribution in [2.75, 3.05) is 32.7 Å². The highest BCUT2D eigenvalue weighted by molar-refractivity contribution is 7.89. The number of methoxy groups -OCH3 is 2. The number of nitrogens with one attached hydrogen (secondary N) is 1. The summed E-state index contributed by atoms with van der Waals surface area (Å²) in [5.41, 5.74) is 3.50. The van der Waals surface area contributed by atoms with E-state index >= 15 is 0 Å². The predicted molar refractivity (Wildman–Crippen MR) is 105 cm³/mol. The van der Waals surface area contributed by atoms with Gasteiger partial charge in [-0.15, -0.1) is 0 Å². The van der Waals surface area contributed by atoms with Crippen molar-refractivity contribution in [1.82, 2.24) is 9.29 Å². The van der Waals surface area contributed by atoms with E-state index in [1.54, 1.807) is 46.4 Å². The number of hydrogen-bond acceptors (Lipinski definition) is 7. The summed E-state index contributed by atoms with van der Waals surface area (Å²) in [5, 5.41) is 4.12. The third kappa shape index (κ3) is 4.75. The zero-order chi connectivity index (χ0) is 19.9. The Morgan fingerprint density at radius 3 is 2.44 bits per heavy atom. The first kappa shape index (κ1) is 20.7. The fourth-order valence-electron chi connectivity index (χ4n) is 2.49. The summed E-state index contributed by atoms with van der Waals surface area (Å²) in [6, 6.07) is 8.52. The molecule has 0 bridgehead atoms. The summed E-state index contributed by atoms with van der Waals surface area (Å²) >= 11 is 0. The van der Waals surface area contributed by atoms with E-state index in [0.717, 1.165) is 5.56 Å². The Balaban J connectivity index is 2.13. The molecule has 0 unspecified atom stereocenters. The second-order valence-electron chi connectivity index (χ2n) is 5.42. The van der Waals surface area contributed by atoms with E-state index in [-0.39, 0.29) is 4.90 Å². The van der Waals surface area contributed by atoms with Gasteiger partial charge in [0.1, 0.15) is 10.7 Å². The molecule has 9 heteroatoms. The van der Waals surface area contributed by atoms with Crippen LogP contribution < -0.4 is 14.9 Å². The van der Waals surface area contributed by atoms with E-state index < -0.39 is 10.0 Å². The maximum Gasteiger partial charge on any atom is 0.244 e. The maximum absolute atomic E-state index is 12.4. The van der Waals surface area contributed by atoms with E-state index in [4.69, 9.17) is 9.47 Å². The van der Waals surface area contributed by atoms with Crippen molar-refractivity contribution in [3.8, 4) is 11.5 Å². The molecular formula is C18H24N4O4S. The van der Waals surface area contributed by atoms with Gasteiger partial charge in [0.05, 0.1) is 20.4 Å². The summed E-state index contributed by atoms with van der Waals surface area (Å²) in [6.45, 7) is 4.41. The first-order valence-corrected chi connectivity index (χ1v) is 9.88. The third-order valence-electron chi connectivity index (χ3n) is 3.90. The topological polar surface area (TPSA) is 93.1 Å². The number of sulfonamides is 1. The molecule has 146 valence electrons. The first-order valence-electron chi connectivity index (χ1n) is 8.44. The van der Waals surface area contributed by atoms with Crippen molar-refractivity contribution in [2.24, 2.45) is 5.10 Å². The Morgan fingerprint density at radius 1 is 1.15 bits per heavy atom. The minimum absolute atomic E-state index is 0.148. The molecule has 27 heavy (non-hydrogen) atoms. The van der Waals surface area contributed by atoms with Crippen molar-refractivity contribution in [2.45, 2.75) is 18.7 Å². The summed E-state index contributed by atoms with van der Waals surface area (Å²) in [5.74, 6) is 1.59. The Morgan fingerprint density at radius 2 is 1.89 bits per heavy atom. The highest BCUT2D eigenvalue weighted by Gasteiger charge is 2.21. The van der Waals surface area contributed by atoms with Crippen LogP contribution in [0.1, 0.15) is 19.4 Å². The lowest BCUT2D eigenvalue weighted by atomic mass is 10.2. The number of rotatable bonds is 9. The largest absolute Gasteiger partial charge is 0.493 e. The Labute approximate surface area is 159 Å². The Hall–Kier alpha value is -2.65. The maximum atomic E-state index is 12.4. The van der Waals surface area contributed by atoms with Gasteiger partial charge in [-0.2, -0.15) is 9.41 Å². The van der Waals surface area contributed by atoms with Crippen LogP contribution in [0.5, 0.6) is 11.5 Å². The molecule has 0 aliphatic carbocycles. The van der Waals surface area contributed by atoms with Crippen LogP contribution in [0.3, 0.4) is 0 Å². The van der Waals surface area contributed by atoms with Gasteiger partial charge in [-0.05, 0) is 24.3 Å². The Bertz CT molecular complexity index is 879. The second kappa shape index (κ2) is 9.33. The molecule has 1 N–H and O–H groups in total. The van der Waals surface area contributed by atoms with Gasteiger partial charge in [0, 0.05) is 24.8 Å². The summed E-state index contributed by atoms with van der Waals surface area (Å²) < 4.78 is 36.9. The van der Waals surface area contributed by atoms with Gasteiger partial charge in [-0.1, -0.05) is 19.9 Å². The van der Waals surface area contributed by atoms with Crippen LogP contribution in [0, 0.1) is 0 Å².